The van der Waals surface area contributed by atoms with Crippen LogP contribution in [0.15, 0.2) is 24.3 Å². The van der Waals surface area contributed by atoms with Gasteiger partial charge in [0.2, 0.25) is 0 Å². The van der Waals surface area contributed by atoms with Crippen LogP contribution in [0, 0.1) is 11.8 Å². The molecule has 0 fully saturated rings. The van der Waals surface area contributed by atoms with Gasteiger partial charge in [0, 0.05) is 25.3 Å². The summed E-state index contributed by atoms with van der Waals surface area (Å²) in [4.78, 5) is 0. The number of hydrogen-bond donors (Lipinski definition) is 2. The van der Waals surface area contributed by atoms with Crippen LogP contribution < -0.4 is 10.5 Å². The minimum Gasteiger partial charge on any atom is -0.320 e. The molecule has 92 valence electrons. The molecule has 0 saturated heterocycles. The lowest BCUT2D eigenvalue weighted by Gasteiger charge is -2.13. The Morgan fingerprint density at radius 3 is 2.35 bits per heavy atom. The summed E-state index contributed by atoms with van der Waals surface area (Å²) in [5.41, 5.74) is 6.54. The molecule has 0 saturated carbocycles. The second-order valence-electron chi connectivity index (χ2n) is 3.47. The van der Waals surface area contributed by atoms with Crippen molar-refractivity contribution < 1.29 is 8.42 Å². The normalized spacial score (nSPS) is 10.8. The molecular weight excluding hydrogens is 238 g/mol. The van der Waals surface area contributed by atoms with Crippen LogP contribution in [0.1, 0.15) is 5.56 Å². The van der Waals surface area contributed by atoms with Gasteiger partial charge in [0.1, 0.15) is 0 Å². The summed E-state index contributed by atoms with van der Waals surface area (Å²) < 4.78 is 26.6. The maximum Gasteiger partial charge on any atom is 0.301 e. The predicted molar refractivity (Wildman–Crippen MR) is 68.6 cm³/mol. The molecule has 0 amide bonds. The quantitative estimate of drug-likeness (QED) is 0.756. The summed E-state index contributed by atoms with van der Waals surface area (Å²) >= 11 is 0. The van der Waals surface area contributed by atoms with E-state index in [1.54, 1.807) is 24.3 Å². The third-order valence-corrected chi connectivity index (χ3v) is 3.40. The first-order valence-corrected chi connectivity index (χ1v) is 6.39. The zero-order valence-corrected chi connectivity index (χ0v) is 10.6. The van der Waals surface area contributed by atoms with Crippen LogP contribution in [0.5, 0.6) is 0 Å². The SMILES string of the molecule is CN(C)S(=O)(=O)Nc1ccc(C#CCN)cc1. The number of nitrogens with one attached hydrogen (secondary N) is 1. The molecular formula is C11H15N3O2S. The third kappa shape index (κ3) is 4.07. The van der Waals surface area contributed by atoms with Crippen LogP contribution >= 0.6 is 0 Å². The minimum absolute atomic E-state index is 0.301. The van der Waals surface area contributed by atoms with Gasteiger partial charge >= 0.3 is 10.2 Å². The Morgan fingerprint density at radius 2 is 1.88 bits per heavy atom. The van der Waals surface area contributed by atoms with E-state index in [9.17, 15) is 8.42 Å². The van der Waals surface area contributed by atoms with E-state index in [-0.39, 0.29) is 0 Å². The standard InChI is InChI=1S/C11H15N3O2S/c1-14(2)17(15,16)13-11-7-5-10(6-8-11)4-3-9-12/h5-8,13H,9,12H2,1-2H3. The van der Waals surface area contributed by atoms with Crippen molar-refractivity contribution in [2.75, 3.05) is 25.4 Å². The Hall–Kier alpha value is -1.55. The molecule has 0 aromatic heterocycles. The van der Waals surface area contributed by atoms with Gasteiger partial charge in [0.15, 0.2) is 0 Å². The summed E-state index contributed by atoms with van der Waals surface area (Å²) in [5.74, 6) is 5.58. The minimum atomic E-state index is -3.45. The van der Waals surface area contributed by atoms with E-state index in [2.05, 4.69) is 16.6 Å². The maximum absolute atomic E-state index is 11.5. The average Bonchev–Trinajstić information content (AvgIpc) is 2.27. The van der Waals surface area contributed by atoms with Crippen molar-refractivity contribution in [3.05, 3.63) is 29.8 Å². The lowest BCUT2D eigenvalue weighted by atomic mass is 10.2. The average molecular weight is 253 g/mol. The molecule has 0 heterocycles. The number of rotatable bonds is 3. The molecule has 0 radical (unpaired) electrons. The second-order valence-corrected chi connectivity index (χ2v) is 5.36. The third-order valence-electron chi connectivity index (χ3n) is 1.95. The highest BCUT2D eigenvalue weighted by atomic mass is 32.2. The molecule has 3 N–H and O–H groups in total. The van der Waals surface area contributed by atoms with Crippen LogP contribution in [0.4, 0.5) is 5.69 Å². The Balaban J connectivity index is 2.83. The molecule has 0 unspecified atom stereocenters. The smallest absolute Gasteiger partial charge is 0.301 e. The van der Waals surface area contributed by atoms with Gasteiger partial charge in [-0.05, 0) is 24.3 Å². The number of nitrogens with two attached hydrogens (primary N) is 1. The molecule has 0 spiro atoms. The molecule has 0 aliphatic rings. The Morgan fingerprint density at radius 1 is 1.29 bits per heavy atom. The first kappa shape index (κ1) is 13.5. The Bertz CT molecular complexity index is 524. The van der Waals surface area contributed by atoms with Gasteiger partial charge in [0.05, 0.1) is 6.54 Å². The molecule has 0 aliphatic heterocycles. The Kier molecular flexibility index (Phi) is 4.52. The van der Waals surface area contributed by atoms with E-state index in [4.69, 9.17) is 5.73 Å². The van der Waals surface area contributed by atoms with Gasteiger partial charge in [-0.1, -0.05) is 11.8 Å². The number of hydrogen-bond acceptors (Lipinski definition) is 3. The second kappa shape index (κ2) is 5.68. The van der Waals surface area contributed by atoms with Crippen molar-refractivity contribution in [2.24, 2.45) is 5.73 Å². The zero-order chi connectivity index (χ0) is 12.9. The fourth-order valence-electron chi connectivity index (χ4n) is 1.01. The van der Waals surface area contributed by atoms with Crippen molar-refractivity contribution >= 4 is 15.9 Å². The van der Waals surface area contributed by atoms with E-state index in [0.29, 0.717) is 12.2 Å². The van der Waals surface area contributed by atoms with E-state index >= 15 is 0 Å². The van der Waals surface area contributed by atoms with Gasteiger partial charge in [0.25, 0.3) is 0 Å². The molecule has 5 nitrogen and oxygen atoms in total. The van der Waals surface area contributed by atoms with Crippen molar-refractivity contribution in [3.8, 4) is 11.8 Å². The molecule has 1 aromatic rings. The fraction of sp³-hybridized carbons (Fsp3) is 0.273. The van der Waals surface area contributed by atoms with E-state index in [0.717, 1.165) is 9.87 Å². The van der Waals surface area contributed by atoms with Gasteiger partial charge in [-0.15, -0.1) is 0 Å². The summed E-state index contributed by atoms with van der Waals surface area (Å²) in [6.45, 7) is 0.301. The molecule has 1 rings (SSSR count). The van der Waals surface area contributed by atoms with Gasteiger partial charge in [-0.3, -0.25) is 4.72 Å². The highest BCUT2D eigenvalue weighted by Gasteiger charge is 2.12. The van der Waals surface area contributed by atoms with Crippen molar-refractivity contribution in [3.63, 3.8) is 0 Å². The predicted octanol–water partition coefficient (Wildman–Crippen LogP) is 0.215. The van der Waals surface area contributed by atoms with E-state index < -0.39 is 10.2 Å². The molecule has 6 heteroatoms. The number of anilines is 1. The largest absolute Gasteiger partial charge is 0.320 e. The summed E-state index contributed by atoms with van der Waals surface area (Å²) in [6, 6.07) is 6.77. The van der Waals surface area contributed by atoms with Crippen molar-refractivity contribution in [1.29, 1.82) is 0 Å². The lowest BCUT2D eigenvalue weighted by molar-refractivity contribution is 0.527. The zero-order valence-electron chi connectivity index (χ0n) is 9.77. The van der Waals surface area contributed by atoms with Gasteiger partial charge in [-0.2, -0.15) is 12.7 Å². The van der Waals surface area contributed by atoms with Crippen LogP contribution in [0.3, 0.4) is 0 Å². The van der Waals surface area contributed by atoms with Crippen LogP contribution in [-0.4, -0.2) is 33.4 Å². The maximum atomic E-state index is 11.5. The van der Waals surface area contributed by atoms with Crippen LogP contribution in [-0.2, 0) is 10.2 Å². The highest BCUT2D eigenvalue weighted by Crippen LogP contribution is 2.11. The molecule has 0 aliphatic carbocycles. The van der Waals surface area contributed by atoms with Crippen molar-refractivity contribution in [2.45, 2.75) is 0 Å². The van der Waals surface area contributed by atoms with Gasteiger partial charge in [-0.25, -0.2) is 0 Å². The highest BCUT2D eigenvalue weighted by molar-refractivity contribution is 7.90. The topological polar surface area (TPSA) is 75.4 Å². The Labute approximate surface area is 102 Å². The molecule has 0 atom stereocenters. The molecule has 1 aromatic carbocycles. The summed E-state index contributed by atoms with van der Waals surface area (Å²) in [6.07, 6.45) is 0. The monoisotopic (exact) mass is 253 g/mol. The lowest BCUT2D eigenvalue weighted by Crippen LogP contribution is -2.28. The van der Waals surface area contributed by atoms with Crippen LogP contribution in [0.25, 0.3) is 0 Å². The summed E-state index contributed by atoms with van der Waals surface area (Å²) in [5, 5.41) is 0. The van der Waals surface area contributed by atoms with Crippen LogP contribution in [0.2, 0.25) is 0 Å². The fourth-order valence-corrected chi connectivity index (χ4v) is 1.63. The van der Waals surface area contributed by atoms with E-state index in [1.807, 2.05) is 0 Å². The van der Waals surface area contributed by atoms with E-state index in [1.165, 1.54) is 14.1 Å². The van der Waals surface area contributed by atoms with Crippen molar-refractivity contribution in [1.82, 2.24) is 4.31 Å². The number of benzene rings is 1. The van der Waals surface area contributed by atoms with Gasteiger partial charge < -0.3 is 5.73 Å². The first-order chi connectivity index (χ1) is 7.95. The molecule has 0 bridgehead atoms. The first-order valence-electron chi connectivity index (χ1n) is 4.95. The number of nitrogens with zero attached hydrogens (tertiary/aromatic N) is 1. The summed E-state index contributed by atoms with van der Waals surface area (Å²) in [7, 11) is -0.530. The molecule has 17 heavy (non-hydrogen) atoms.